The number of carbonyl (C=O) groups excluding carboxylic acids is 4. The van der Waals surface area contributed by atoms with Gasteiger partial charge in [-0.3, -0.25) is 29.5 Å². The second-order valence-electron chi connectivity index (χ2n) is 13.0. The van der Waals surface area contributed by atoms with Crippen LogP contribution in [0.2, 0.25) is 0 Å². The molecular weight excluding hydrogens is 662 g/mol. The monoisotopic (exact) mass is 697 g/mol. The highest BCUT2D eigenvalue weighted by molar-refractivity contribution is 9.10. The molecule has 4 aliphatic rings. The normalized spacial score (nSPS) is 28.2. The van der Waals surface area contributed by atoms with Crippen LogP contribution in [-0.2, 0) is 24.6 Å². The van der Waals surface area contributed by atoms with E-state index in [-0.39, 0.29) is 29.7 Å². The maximum atomic E-state index is 15.2. The number of anilines is 1. The van der Waals surface area contributed by atoms with Crippen molar-refractivity contribution in [1.82, 2.24) is 9.91 Å². The van der Waals surface area contributed by atoms with Gasteiger partial charge in [-0.25, -0.2) is 0 Å². The topological polar surface area (TPSA) is 116 Å². The third-order valence-corrected chi connectivity index (χ3v) is 11.0. The SMILES string of the molecule is CCCN1C(=O)[C@H]2[C@H](CC=C3[C@H]2C[C@H]2C(=O)N(Nc4ccc(C)cc4)C(=O)[C@@]2(c2ccccc2)[C@H]3c2cc(Br)cc(OC)c2O)C1=O. The molecule has 2 heterocycles. The molecule has 7 rings (SSSR count). The molecule has 9 nitrogen and oxygen atoms in total. The van der Waals surface area contributed by atoms with Crippen molar-refractivity contribution in [1.29, 1.82) is 0 Å². The summed E-state index contributed by atoms with van der Waals surface area (Å²) in [6, 6.07) is 20.1. The summed E-state index contributed by atoms with van der Waals surface area (Å²) in [7, 11) is 1.46. The molecule has 0 spiro atoms. The van der Waals surface area contributed by atoms with Gasteiger partial charge in [0.1, 0.15) is 0 Å². The van der Waals surface area contributed by atoms with Gasteiger partial charge in [0.05, 0.1) is 36.0 Å². The number of fused-ring (bicyclic) bond motifs is 4. The summed E-state index contributed by atoms with van der Waals surface area (Å²) in [5.74, 6) is -4.69. The molecule has 0 aromatic heterocycles. The number of allylic oxidation sites excluding steroid dienone is 2. The van der Waals surface area contributed by atoms with Crippen LogP contribution in [0, 0.1) is 30.6 Å². The number of aryl methyl sites for hydroxylation is 1. The number of nitrogens with zero attached hydrogens (tertiary/aromatic N) is 2. The fraction of sp³-hybridized carbons (Fsp3) is 0.351. The zero-order valence-electron chi connectivity index (χ0n) is 26.4. The minimum atomic E-state index is -1.48. The van der Waals surface area contributed by atoms with E-state index in [1.165, 1.54) is 12.0 Å². The Balaban J connectivity index is 1.48. The first-order valence-electron chi connectivity index (χ1n) is 16.0. The number of carbonyl (C=O) groups is 4. The van der Waals surface area contributed by atoms with Crippen LogP contribution in [0.5, 0.6) is 11.5 Å². The lowest BCUT2D eigenvalue weighted by atomic mass is 9.49. The Kier molecular flexibility index (Phi) is 7.74. The number of halogens is 1. The quantitative estimate of drug-likeness (QED) is 0.235. The average molecular weight is 699 g/mol. The second kappa shape index (κ2) is 11.7. The van der Waals surface area contributed by atoms with E-state index in [0.717, 1.165) is 16.1 Å². The Morgan fingerprint density at radius 1 is 0.979 bits per heavy atom. The lowest BCUT2D eigenvalue weighted by molar-refractivity contribution is -0.141. The standard InChI is InChI=1S/C37H36BrN3O6/c1-4-16-40-33(43)25-15-14-24-26(30(25)35(40)45)19-28-34(44)41(39-23-12-10-20(2)11-13-23)36(46)37(28,21-8-6-5-7-9-21)31(24)27-17-22(38)18-29(47-3)32(27)42/h5-14,17-18,25-26,28,30-31,39,42H,4,15-16,19H2,1-3H3/t25-,26+,28-,30-,31+,37+/m0/s1. The number of ether oxygens (including phenoxy) is 1. The summed E-state index contributed by atoms with van der Waals surface area (Å²) in [4.78, 5) is 58.8. The lowest BCUT2D eigenvalue weighted by Crippen LogP contribution is -2.53. The van der Waals surface area contributed by atoms with Gasteiger partial charge >= 0.3 is 0 Å². The van der Waals surface area contributed by atoms with Gasteiger partial charge in [-0.2, -0.15) is 5.01 Å². The van der Waals surface area contributed by atoms with Crippen molar-refractivity contribution in [3.63, 3.8) is 0 Å². The molecule has 0 radical (unpaired) electrons. The van der Waals surface area contributed by atoms with Crippen molar-refractivity contribution >= 4 is 45.2 Å². The van der Waals surface area contributed by atoms with Crippen LogP contribution < -0.4 is 10.2 Å². The van der Waals surface area contributed by atoms with E-state index in [0.29, 0.717) is 40.7 Å². The molecule has 2 aliphatic heterocycles. The van der Waals surface area contributed by atoms with Crippen molar-refractivity contribution < 1.29 is 29.0 Å². The van der Waals surface area contributed by atoms with E-state index >= 15 is 4.79 Å². The highest BCUT2D eigenvalue weighted by Gasteiger charge is 2.70. The van der Waals surface area contributed by atoms with Crippen LogP contribution >= 0.6 is 15.9 Å². The van der Waals surface area contributed by atoms with Crippen molar-refractivity contribution in [3.8, 4) is 11.5 Å². The Morgan fingerprint density at radius 2 is 1.70 bits per heavy atom. The first kappa shape index (κ1) is 31.2. The Morgan fingerprint density at radius 3 is 2.38 bits per heavy atom. The van der Waals surface area contributed by atoms with Crippen LogP contribution in [0.25, 0.3) is 0 Å². The van der Waals surface area contributed by atoms with Crippen molar-refractivity contribution in [2.75, 3.05) is 19.1 Å². The minimum Gasteiger partial charge on any atom is -0.504 e. The van der Waals surface area contributed by atoms with E-state index in [1.54, 1.807) is 12.1 Å². The van der Waals surface area contributed by atoms with Crippen LogP contribution in [0.4, 0.5) is 5.69 Å². The fourth-order valence-electron chi connectivity index (χ4n) is 8.57. The Bertz CT molecular complexity index is 1830. The third-order valence-electron chi connectivity index (χ3n) is 10.5. The van der Waals surface area contributed by atoms with Crippen LogP contribution in [0.3, 0.4) is 0 Å². The zero-order valence-corrected chi connectivity index (χ0v) is 28.0. The Labute approximate surface area is 281 Å². The zero-order chi connectivity index (χ0) is 33.2. The molecule has 3 fully saturated rings. The molecule has 10 heteroatoms. The molecule has 6 atom stereocenters. The first-order valence-corrected chi connectivity index (χ1v) is 16.8. The predicted octanol–water partition coefficient (Wildman–Crippen LogP) is 5.87. The van der Waals surface area contributed by atoms with E-state index < -0.39 is 46.8 Å². The molecule has 1 saturated carbocycles. The van der Waals surface area contributed by atoms with E-state index in [2.05, 4.69) is 21.4 Å². The fourth-order valence-corrected chi connectivity index (χ4v) is 9.03. The van der Waals surface area contributed by atoms with Gasteiger partial charge in [-0.15, -0.1) is 0 Å². The van der Waals surface area contributed by atoms with Crippen molar-refractivity contribution in [3.05, 3.63) is 99.5 Å². The molecule has 3 aromatic rings. The number of methoxy groups -OCH3 is 1. The van der Waals surface area contributed by atoms with Gasteiger partial charge in [-0.1, -0.05) is 82.5 Å². The highest BCUT2D eigenvalue weighted by atomic mass is 79.9. The molecule has 3 aromatic carbocycles. The summed E-state index contributed by atoms with van der Waals surface area (Å²) in [6.45, 7) is 4.22. The molecule has 2 N–H and O–H groups in total. The number of amides is 4. The van der Waals surface area contributed by atoms with Gasteiger partial charge < -0.3 is 9.84 Å². The molecule has 0 bridgehead atoms. The number of hydrazine groups is 1. The first-order chi connectivity index (χ1) is 22.6. The molecule has 47 heavy (non-hydrogen) atoms. The molecule has 2 aliphatic carbocycles. The molecule has 0 unspecified atom stereocenters. The van der Waals surface area contributed by atoms with E-state index in [4.69, 9.17) is 4.74 Å². The summed E-state index contributed by atoms with van der Waals surface area (Å²) < 4.78 is 6.18. The lowest BCUT2D eigenvalue weighted by Gasteiger charge is -2.50. The molecule has 4 amide bonds. The minimum absolute atomic E-state index is 0.148. The summed E-state index contributed by atoms with van der Waals surface area (Å²) in [6.07, 6.45) is 3.15. The summed E-state index contributed by atoms with van der Waals surface area (Å²) >= 11 is 3.57. The van der Waals surface area contributed by atoms with Crippen molar-refractivity contribution in [2.45, 2.75) is 44.4 Å². The largest absolute Gasteiger partial charge is 0.504 e. The molecule has 242 valence electrons. The molecule has 2 saturated heterocycles. The third kappa shape index (κ3) is 4.55. The number of phenolic OH excluding ortho intramolecular Hbond substituents is 1. The predicted molar refractivity (Wildman–Crippen MR) is 178 cm³/mol. The number of phenols is 1. The number of aromatic hydroxyl groups is 1. The van der Waals surface area contributed by atoms with Gasteiger partial charge in [0.15, 0.2) is 11.5 Å². The number of likely N-dealkylation sites (tertiary alicyclic amines) is 1. The van der Waals surface area contributed by atoms with E-state index in [1.807, 2.05) is 74.5 Å². The average Bonchev–Trinajstić information content (AvgIpc) is 3.44. The number of nitrogens with one attached hydrogen (secondary N) is 1. The number of benzene rings is 3. The van der Waals surface area contributed by atoms with Crippen LogP contribution in [-0.4, -0.2) is 52.3 Å². The van der Waals surface area contributed by atoms with Gasteiger partial charge in [-0.05, 0) is 61.9 Å². The summed E-state index contributed by atoms with van der Waals surface area (Å²) in [5.41, 5.74) is 5.02. The van der Waals surface area contributed by atoms with Gasteiger partial charge in [0.25, 0.3) is 11.8 Å². The maximum Gasteiger partial charge on any atom is 0.260 e. The van der Waals surface area contributed by atoms with Gasteiger partial charge in [0.2, 0.25) is 11.8 Å². The number of hydrogen-bond acceptors (Lipinski definition) is 7. The Hall–Kier alpha value is -4.44. The number of hydrogen-bond donors (Lipinski definition) is 2. The maximum absolute atomic E-state index is 15.2. The number of rotatable bonds is 7. The van der Waals surface area contributed by atoms with Gasteiger partial charge in [0, 0.05) is 22.5 Å². The second-order valence-corrected chi connectivity index (χ2v) is 13.9. The smallest absolute Gasteiger partial charge is 0.260 e. The molecular formula is C37H36BrN3O6. The summed E-state index contributed by atoms with van der Waals surface area (Å²) in [5, 5.41) is 12.9. The highest BCUT2D eigenvalue weighted by Crippen LogP contribution is 2.65. The van der Waals surface area contributed by atoms with Crippen LogP contribution in [0.15, 0.2) is 82.9 Å². The van der Waals surface area contributed by atoms with Crippen LogP contribution in [0.1, 0.15) is 48.8 Å². The van der Waals surface area contributed by atoms with E-state index in [9.17, 15) is 19.5 Å². The van der Waals surface area contributed by atoms with Crippen molar-refractivity contribution in [2.24, 2.45) is 23.7 Å². The number of imide groups is 2.